The van der Waals surface area contributed by atoms with Crippen LogP contribution in [-0.4, -0.2) is 25.8 Å². The van der Waals surface area contributed by atoms with E-state index in [4.69, 9.17) is 9.47 Å². The molecular formula is C13H24O3. The zero-order valence-electron chi connectivity index (χ0n) is 11.3. The summed E-state index contributed by atoms with van der Waals surface area (Å²) in [6, 6.07) is 0. The van der Waals surface area contributed by atoms with E-state index in [1.165, 1.54) is 0 Å². The summed E-state index contributed by atoms with van der Waals surface area (Å²) < 4.78 is 10.2. The van der Waals surface area contributed by atoms with Gasteiger partial charge in [0.1, 0.15) is 0 Å². The monoisotopic (exact) mass is 228 g/mol. The highest BCUT2D eigenvalue weighted by atomic mass is 16.5. The molecule has 16 heavy (non-hydrogen) atoms. The Balaban J connectivity index is 4.75. The number of hydrogen-bond donors (Lipinski definition) is 0. The van der Waals surface area contributed by atoms with Crippen LogP contribution in [0, 0.1) is 5.92 Å². The van der Waals surface area contributed by atoms with Crippen LogP contribution in [-0.2, 0) is 14.3 Å². The van der Waals surface area contributed by atoms with Gasteiger partial charge in [0.2, 0.25) is 0 Å². The van der Waals surface area contributed by atoms with Crippen molar-refractivity contribution in [3.8, 4) is 0 Å². The van der Waals surface area contributed by atoms with Gasteiger partial charge in [-0.3, -0.25) is 0 Å². The number of hydrogen-bond acceptors (Lipinski definition) is 3. The summed E-state index contributed by atoms with van der Waals surface area (Å²) in [6.45, 7) is 10.2. The Kier molecular flexibility index (Phi) is 7.06. The predicted molar refractivity (Wildman–Crippen MR) is 65.3 cm³/mol. The van der Waals surface area contributed by atoms with Gasteiger partial charge in [0.05, 0.1) is 18.3 Å². The molecule has 3 heteroatoms. The summed E-state index contributed by atoms with van der Waals surface area (Å²) in [5.41, 5.74) is 1.72. The third-order valence-electron chi connectivity index (χ3n) is 2.11. The molecule has 0 aromatic rings. The van der Waals surface area contributed by atoms with Crippen molar-refractivity contribution < 1.29 is 14.3 Å². The Morgan fingerprint density at radius 1 is 1.19 bits per heavy atom. The van der Waals surface area contributed by atoms with Gasteiger partial charge in [-0.1, -0.05) is 19.4 Å². The third kappa shape index (κ3) is 5.91. The number of rotatable bonds is 6. The first kappa shape index (κ1) is 15.2. The Hall–Kier alpha value is -0.830. The van der Waals surface area contributed by atoms with Gasteiger partial charge in [-0.15, -0.1) is 0 Å². The van der Waals surface area contributed by atoms with Crippen LogP contribution in [0.5, 0.6) is 0 Å². The highest BCUT2D eigenvalue weighted by molar-refractivity contribution is 5.89. The minimum Gasteiger partial charge on any atom is -0.460 e. The van der Waals surface area contributed by atoms with Crippen LogP contribution in [0.3, 0.4) is 0 Å². The van der Waals surface area contributed by atoms with Gasteiger partial charge in [-0.05, 0) is 33.1 Å². The lowest BCUT2D eigenvalue weighted by Crippen LogP contribution is -2.18. The van der Waals surface area contributed by atoms with Crippen LogP contribution < -0.4 is 0 Å². The van der Waals surface area contributed by atoms with E-state index in [0.717, 1.165) is 12.0 Å². The van der Waals surface area contributed by atoms with Gasteiger partial charge >= 0.3 is 5.97 Å². The van der Waals surface area contributed by atoms with Crippen molar-refractivity contribution in [2.75, 3.05) is 13.7 Å². The maximum absolute atomic E-state index is 11.8. The molecule has 0 atom stereocenters. The molecule has 0 unspecified atom stereocenters. The number of carbonyl (C=O) groups is 1. The van der Waals surface area contributed by atoms with Gasteiger partial charge < -0.3 is 9.47 Å². The fourth-order valence-corrected chi connectivity index (χ4v) is 1.52. The second kappa shape index (κ2) is 7.44. The first-order valence-corrected chi connectivity index (χ1v) is 5.77. The lowest BCUT2D eigenvalue weighted by atomic mass is 10.00. The molecule has 0 bridgehead atoms. The molecule has 0 amide bonds. The maximum Gasteiger partial charge on any atom is 0.336 e. The van der Waals surface area contributed by atoms with Crippen molar-refractivity contribution in [3.63, 3.8) is 0 Å². The van der Waals surface area contributed by atoms with E-state index in [1.807, 2.05) is 20.8 Å². The fourth-order valence-electron chi connectivity index (χ4n) is 1.52. The molecule has 0 aromatic carbocycles. The fraction of sp³-hybridized carbons (Fsp3) is 0.769. The summed E-state index contributed by atoms with van der Waals surface area (Å²) in [5, 5.41) is 0. The largest absolute Gasteiger partial charge is 0.460 e. The minimum atomic E-state index is -0.255. The normalized spacial score (nSPS) is 13.0. The predicted octanol–water partition coefficient (Wildman–Crippen LogP) is 2.95. The van der Waals surface area contributed by atoms with E-state index in [-0.39, 0.29) is 12.1 Å². The number of carbonyl (C=O) groups excluding carboxylic acids is 1. The minimum absolute atomic E-state index is 0.0915. The molecule has 0 spiro atoms. The molecule has 0 heterocycles. The standard InChI is InChI=1S/C13H24O3/c1-9(2)7-11(5)12(8-15-6)13(14)16-10(3)4/h9-10H,7-8H2,1-6H3. The molecule has 0 rings (SSSR count). The number of ether oxygens (including phenoxy) is 2. The van der Waals surface area contributed by atoms with Crippen LogP contribution in [0.15, 0.2) is 11.1 Å². The number of methoxy groups -OCH3 is 1. The average Bonchev–Trinajstić information content (AvgIpc) is 2.11. The Morgan fingerprint density at radius 2 is 1.75 bits per heavy atom. The number of esters is 1. The van der Waals surface area contributed by atoms with Crippen LogP contribution in [0.4, 0.5) is 0 Å². The van der Waals surface area contributed by atoms with Crippen LogP contribution in [0.1, 0.15) is 41.0 Å². The highest BCUT2D eigenvalue weighted by Crippen LogP contribution is 2.16. The molecule has 3 nitrogen and oxygen atoms in total. The van der Waals surface area contributed by atoms with Crippen LogP contribution in [0.2, 0.25) is 0 Å². The van der Waals surface area contributed by atoms with Crippen molar-refractivity contribution in [1.29, 1.82) is 0 Å². The van der Waals surface area contributed by atoms with E-state index in [9.17, 15) is 4.79 Å². The molecule has 0 aromatic heterocycles. The molecule has 0 saturated heterocycles. The molecule has 94 valence electrons. The first-order chi connectivity index (χ1) is 7.38. The summed E-state index contributed by atoms with van der Waals surface area (Å²) in [6.07, 6.45) is 0.803. The molecule has 0 saturated carbocycles. The number of allylic oxidation sites excluding steroid dienone is 1. The highest BCUT2D eigenvalue weighted by Gasteiger charge is 2.16. The zero-order valence-corrected chi connectivity index (χ0v) is 11.3. The zero-order chi connectivity index (χ0) is 12.7. The smallest absolute Gasteiger partial charge is 0.336 e. The Morgan fingerprint density at radius 3 is 2.12 bits per heavy atom. The van der Waals surface area contributed by atoms with E-state index in [0.29, 0.717) is 18.1 Å². The summed E-state index contributed by atoms with van der Waals surface area (Å²) in [5.74, 6) is 0.272. The van der Waals surface area contributed by atoms with Crippen molar-refractivity contribution in [2.45, 2.75) is 47.1 Å². The van der Waals surface area contributed by atoms with Crippen molar-refractivity contribution in [1.82, 2.24) is 0 Å². The molecule has 0 aliphatic carbocycles. The van der Waals surface area contributed by atoms with Crippen molar-refractivity contribution in [2.24, 2.45) is 5.92 Å². The Labute approximate surface area is 98.8 Å². The summed E-state index contributed by atoms with van der Waals surface area (Å²) in [7, 11) is 1.59. The SMILES string of the molecule is COCC(C(=O)OC(C)C)=C(C)CC(C)C. The maximum atomic E-state index is 11.8. The van der Waals surface area contributed by atoms with Crippen molar-refractivity contribution >= 4 is 5.97 Å². The quantitative estimate of drug-likeness (QED) is 0.518. The van der Waals surface area contributed by atoms with Gasteiger partial charge in [-0.25, -0.2) is 4.79 Å². The van der Waals surface area contributed by atoms with Gasteiger partial charge in [0, 0.05) is 7.11 Å². The molecule has 0 aliphatic rings. The van der Waals surface area contributed by atoms with E-state index < -0.39 is 0 Å². The first-order valence-electron chi connectivity index (χ1n) is 5.77. The summed E-state index contributed by atoms with van der Waals surface area (Å²) >= 11 is 0. The van der Waals surface area contributed by atoms with E-state index >= 15 is 0 Å². The second-order valence-corrected chi connectivity index (χ2v) is 4.74. The van der Waals surface area contributed by atoms with Gasteiger partial charge in [-0.2, -0.15) is 0 Å². The van der Waals surface area contributed by atoms with Gasteiger partial charge in [0.15, 0.2) is 0 Å². The lowest BCUT2D eigenvalue weighted by Gasteiger charge is -2.14. The van der Waals surface area contributed by atoms with Gasteiger partial charge in [0.25, 0.3) is 0 Å². The molecular weight excluding hydrogens is 204 g/mol. The van der Waals surface area contributed by atoms with Crippen LogP contribution in [0.25, 0.3) is 0 Å². The van der Waals surface area contributed by atoms with E-state index in [2.05, 4.69) is 13.8 Å². The second-order valence-electron chi connectivity index (χ2n) is 4.74. The molecule has 0 radical (unpaired) electrons. The van der Waals surface area contributed by atoms with E-state index in [1.54, 1.807) is 7.11 Å². The topological polar surface area (TPSA) is 35.5 Å². The third-order valence-corrected chi connectivity index (χ3v) is 2.11. The Bertz CT molecular complexity index is 252. The molecule has 0 aliphatic heterocycles. The van der Waals surface area contributed by atoms with Crippen LogP contribution >= 0.6 is 0 Å². The average molecular weight is 228 g/mol. The molecule has 0 fully saturated rings. The molecule has 0 N–H and O–H groups in total. The summed E-state index contributed by atoms with van der Waals surface area (Å²) in [4.78, 5) is 11.8. The lowest BCUT2D eigenvalue weighted by molar-refractivity contribution is -0.143. The van der Waals surface area contributed by atoms with Crippen molar-refractivity contribution in [3.05, 3.63) is 11.1 Å².